The molecular weight excluding hydrogens is 326 g/mol. The van der Waals surface area contributed by atoms with Crippen LogP contribution < -0.4 is 5.32 Å². The number of benzene rings is 1. The summed E-state index contributed by atoms with van der Waals surface area (Å²) in [5, 5.41) is 13.2. The van der Waals surface area contributed by atoms with Crippen molar-refractivity contribution in [1.82, 2.24) is 5.32 Å². The molecule has 0 aliphatic heterocycles. The number of aliphatic hydroxyl groups excluding tert-OH is 1. The lowest BCUT2D eigenvalue weighted by atomic mass is 9.87. The van der Waals surface area contributed by atoms with Gasteiger partial charge in [-0.25, -0.2) is 0 Å². The highest BCUT2D eigenvalue weighted by atomic mass is 79.9. The summed E-state index contributed by atoms with van der Waals surface area (Å²) in [7, 11) is 0. The zero-order valence-electron chi connectivity index (χ0n) is 11.8. The summed E-state index contributed by atoms with van der Waals surface area (Å²) in [6.45, 7) is 7.71. The van der Waals surface area contributed by atoms with Gasteiger partial charge in [0.05, 0.1) is 0 Å². The van der Waals surface area contributed by atoms with Gasteiger partial charge < -0.3 is 10.4 Å². The summed E-state index contributed by atoms with van der Waals surface area (Å²) in [6, 6.07) is 6.20. The van der Waals surface area contributed by atoms with Gasteiger partial charge in [-0.05, 0) is 42.9 Å². The number of hydrogen-bond donors (Lipinski definition) is 2. The average Bonchev–Trinajstić information content (AvgIpc) is 2.34. The lowest BCUT2D eigenvalue weighted by Gasteiger charge is -2.27. The molecule has 0 saturated carbocycles. The standard InChI is InChI=1S/C15H23BrClNO/c1-11(13-6-5-12(16)9-14(13)17)18-10-15(2,3)7-4-8-19/h5-6,9,11,18-19H,4,7-8,10H2,1-3H3. The fourth-order valence-corrected chi connectivity index (χ4v) is 2.88. The van der Waals surface area contributed by atoms with Crippen molar-refractivity contribution in [1.29, 1.82) is 0 Å². The van der Waals surface area contributed by atoms with Crippen molar-refractivity contribution >= 4 is 27.5 Å². The van der Waals surface area contributed by atoms with Gasteiger partial charge in [-0.2, -0.15) is 0 Å². The highest BCUT2D eigenvalue weighted by molar-refractivity contribution is 9.10. The van der Waals surface area contributed by atoms with E-state index in [1.807, 2.05) is 18.2 Å². The molecular formula is C15H23BrClNO. The third-order valence-corrected chi connectivity index (χ3v) is 4.15. The van der Waals surface area contributed by atoms with Crippen LogP contribution in [0.1, 0.15) is 45.2 Å². The molecule has 0 radical (unpaired) electrons. The Labute approximate surface area is 129 Å². The Hall–Kier alpha value is -0.0900. The van der Waals surface area contributed by atoms with Gasteiger partial charge in [-0.3, -0.25) is 0 Å². The molecule has 0 bridgehead atoms. The Balaban J connectivity index is 2.57. The van der Waals surface area contributed by atoms with E-state index in [-0.39, 0.29) is 18.1 Å². The molecule has 0 spiro atoms. The number of nitrogens with one attached hydrogen (secondary N) is 1. The number of hydrogen-bond acceptors (Lipinski definition) is 2. The molecule has 0 amide bonds. The molecule has 0 aromatic heterocycles. The van der Waals surface area contributed by atoms with Gasteiger partial charge in [0.2, 0.25) is 0 Å². The van der Waals surface area contributed by atoms with Crippen LogP contribution in [0.15, 0.2) is 22.7 Å². The predicted molar refractivity (Wildman–Crippen MR) is 85.7 cm³/mol. The molecule has 108 valence electrons. The molecule has 19 heavy (non-hydrogen) atoms. The molecule has 0 saturated heterocycles. The third kappa shape index (κ3) is 5.82. The van der Waals surface area contributed by atoms with Crippen LogP contribution in [-0.4, -0.2) is 18.3 Å². The normalized spacial score (nSPS) is 13.6. The first-order valence-corrected chi connectivity index (χ1v) is 7.82. The Morgan fingerprint density at radius 2 is 2.11 bits per heavy atom. The summed E-state index contributed by atoms with van der Waals surface area (Å²) >= 11 is 9.67. The van der Waals surface area contributed by atoms with E-state index in [1.54, 1.807) is 0 Å². The second kappa shape index (κ2) is 7.63. The minimum Gasteiger partial charge on any atom is -0.396 e. The molecule has 2 N–H and O–H groups in total. The van der Waals surface area contributed by atoms with Crippen LogP contribution in [0.3, 0.4) is 0 Å². The van der Waals surface area contributed by atoms with E-state index in [4.69, 9.17) is 16.7 Å². The van der Waals surface area contributed by atoms with E-state index in [0.29, 0.717) is 0 Å². The van der Waals surface area contributed by atoms with Gasteiger partial charge in [0.15, 0.2) is 0 Å². The first-order valence-electron chi connectivity index (χ1n) is 6.65. The molecule has 0 aliphatic rings. The summed E-state index contributed by atoms with van der Waals surface area (Å²) in [5.74, 6) is 0. The van der Waals surface area contributed by atoms with Crippen LogP contribution in [0, 0.1) is 5.41 Å². The molecule has 1 unspecified atom stereocenters. The molecule has 1 aromatic rings. The Morgan fingerprint density at radius 1 is 1.42 bits per heavy atom. The molecule has 1 atom stereocenters. The van der Waals surface area contributed by atoms with Crippen molar-refractivity contribution in [3.05, 3.63) is 33.3 Å². The fourth-order valence-electron chi connectivity index (χ4n) is 2.04. The number of rotatable bonds is 7. The third-order valence-electron chi connectivity index (χ3n) is 3.33. The van der Waals surface area contributed by atoms with E-state index >= 15 is 0 Å². The van der Waals surface area contributed by atoms with Crippen molar-refractivity contribution in [2.24, 2.45) is 5.41 Å². The summed E-state index contributed by atoms with van der Waals surface area (Å²) in [4.78, 5) is 0. The minimum atomic E-state index is 0.179. The largest absolute Gasteiger partial charge is 0.396 e. The van der Waals surface area contributed by atoms with Gasteiger partial charge in [-0.1, -0.05) is 47.4 Å². The van der Waals surface area contributed by atoms with Crippen molar-refractivity contribution in [2.45, 2.75) is 39.7 Å². The topological polar surface area (TPSA) is 32.3 Å². The number of halogens is 2. The molecule has 0 aliphatic carbocycles. The molecule has 4 heteroatoms. The van der Waals surface area contributed by atoms with Crippen LogP contribution in [0.25, 0.3) is 0 Å². The quantitative estimate of drug-likeness (QED) is 0.757. The average molecular weight is 349 g/mol. The first-order chi connectivity index (χ1) is 8.85. The molecule has 2 nitrogen and oxygen atoms in total. The van der Waals surface area contributed by atoms with E-state index in [2.05, 4.69) is 42.0 Å². The van der Waals surface area contributed by atoms with E-state index in [0.717, 1.165) is 34.4 Å². The van der Waals surface area contributed by atoms with Crippen LogP contribution in [-0.2, 0) is 0 Å². The SMILES string of the molecule is CC(NCC(C)(C)CCCO)c1ccc(Br)cc1Cl. The Kier molecular flexibility index (Phi) is 6.81. The van der Waals surface area contributed by atoms with Gasteiger partial charge in [-0.15, -0.1) is 0 Å². The van der Waals surface area contributed by atoms with Crippen molar-refractivity contribution < 1.29 is 5.11 Å². The fraction of sp³-hybridized carbons (Fsp3) is 0.600. The van der Waals surface area contributed by atoms with Crippen molar-refractivity contribution in [3.8, 4) is 0 Å². The van der Waals surface area contributed by atoms with Crippen molar-refractivity contribution in [3.63, 3.8) is 0 Å². The minimum absolute atomic E-state index is 0.179. The lowest BCUT2D eigenvalue weighted by molar-refractivity contribution is 0.233. The maximum absolute atomic E-state index is 8.91. The highest BCUT2D eigenvalue weighted by Crippen LogP contribution is 2.28. The van der Waals surface area contributed by atoms with Crippen LogP contribution >= 0.6 is 27.5 Å². The molecule has 0 heterocycles. The van der Waals surface area contributed by atoms with E-state index < -0.39 is 0 Å². The molecule has 0 fully saturated rings. The Morgan fingerprint density at radius 3 is 2.68 bits per heavy atom. The van der Waals surface area contributed by atoms with E-state index in [9.17, 15) is 0 Å². The smallest absolute Gasteiger partial charge is 0.0464 e. The Bertz CT molecular complexity index is 409. The van der Waals surface area contributed by atoms with Gasteiger partial charge in [0.25, 0.3) is 0 Å². The van der Waals surface area contributed by atoms with Gasteiger partial charge in [0, 0.05) is 28.7 Å². The van der Waals surface area contributed by atoms with Gasteiger partial charge in [0.1, 0.15) is 0 Å². The highest BCUT2D eigenvalue weighted by Gasteiger charge is 2.19. The maximum atomic E-state index is 8.91. The summed E-state index contributed by atoms with van der Waals surface area (Å²) in [6.07, 6.45) is 1.86. The predicted octanol–water partition coefficient (Wildman–Crippen LogP) is 4.55. The lowest BCUT2D eigenvalue weighted by Crippen LogP contribution is -2.31. The first kappa shape index (κ1) is 17.0. The zero-order chi connectivity index (χ0) is 14.5. The zero-order valence-corrected chi connectivity index (χ0v) is 14.2. The monoisotopic (exact) mass is 347 g/mol. The molecule has 1 rings (SSSR count). The second-order valence-electron chi connectivity index (χ2n) is 5.76. The van der Waals surface area contributed by atoms with E-state index in [1.165, 1.54) is 0 Å². The second-order valence-corrected chi connectivity index (χ2v) is 7.08. The summed E-state index contributed by atoms with van der Waals surface area (Å²) in [5.41, 5.74) is 1.29. The van der Waals surface area contributed by atoms with Crippen LogP contribution in [0.2, 0.25) is 5.02 Å². The van der Waals surface area contributed by atoms with Crippen LogP contribution in [0.5, 0.6) is 0 Å². The van der Waals surface area contributed by atoms with Crippen LogP contribution in [0.4, 0.5) is 0 Å². The maximum Gasteiger partial charge on any atom is 0.0464 e. The van der Waals surface area contributed by atoms with Gasteiger partial charge >= 0.3 is 0 Å². The summed E-state index contributed by atoms with van der Waals surface area (Å²) < 4.78 is 0.997. The molecule has 1 aromatic carbocycles. The van der Waals surface area contributed by atoms with Crippen molar-refractivity contribution in [2.75, 3.05) is 13.2 Å². The number of aliphatic hydroxyl groups is 1.